The molecule has 0 radical (unpaired) electrons. The van der Waals surface area contributed by atoms with Crippen LogP contribution in [0, 0.1) is 0 Å². The van der Waals surface area contributed by atoms with Crippen LogP contribution in [0.3, 0.4) is 0 Å². The van der Waals surface area contributed by atoms with E-state index < -0.39 is 0 Å². The third-order valence-corrected chi connectivity index (χ3v) is 2.96. The number of nitrogens with zero attached hydrogens (tertiary/aromatic N) is 2. The largest absolute Gasteiger partial charge is 0.387 e. The van der Waals surface area contributed by atoms with Crippen molar-refractivity contribution >= 4 is 34.4 Å². The highest BCUT2D eigenvalue weighted by Crippen LogP contribution is 2.14. The van der Waals surface area contributed by atoms with E-state index in [9.17, 15) is 4.79 Å². The molecule has 0 bridgehead atoms. The molecule has 0 spiro atoms. The number of benzene rings is 1. The van der Waals surface area contributed by atoms with E-state index in [0.717, 1.165) is 11.3 Å². The molecule has 0 unspecified atom stereocenters. The Morgan fingerprint density at radius 3 is 2.45 bits per heavy atom. The van der Waals surface area contributed by atoms with Gasteiger partial charge in [-0.2, -0.15) is 0 Å². The van der Waals surface area contributed by atoms with Gasteiger partial charge in [-0.25, -0.2) is 4.99 Å². The normalized spacial score (nSPS) is 15.7. The maximum atomic E-state index is 12.1. The van der Waals surface area contributed by atoms with Crippen molar-refractivity contribution in [2.45, 2.75) is 13.3 Å². The first-order valence-electron chi connectivity index (χ1n) is 6.40. The second-order valence-corrected chi connectivity index (χ2v) is 4.59. The number of carbonyl (C=O) groups excluding carboxylic acids is 1. The fourth-order valence-corrected chi connectivity index (χ4v) is 1.99. The van der Waals surface area contributed by atoms with Crippen LogP contribution in [0.5, 0.6) is 0 Å². The summed E-state index contributed by atoms with van der Waals surface area (Å²) in [4.78, 5) is 18.1. The summed E-state index contributed by atoms with van der Waals surface area (Å²) in [6.45, 7) is 4.39. The van der Waals surface area contributed by atoms with Crippen molar-refractivity contribution in [3.8, 4) is 0 Å². The Morgan fingerprint density at radius 2 is 1.90 bits per heavy atom. The molecule has 1 aromatic carbocycles. The number of ether oxygens (including phenoxy) is 1. The van der Waals surface area contributed by atoms with E-state index in [0.29, 0.717) is 38.6 Å². The summed E-state index contributed by atoms with van der Waals surface area (Å²) in [5.41, 5.74) is 7.32. The van der Waals surface area contributed by atoms with Crippen LogP contribution in [0.1, 0.15) is 12.5 Å². The molecule has 0 aromatic heterocycles. The van der Waals surface area contributed by atoms with Crippen LogP contribution in [0.4, 0.5) is 5.69 Å². The highest BCUT2D eigenvalue weighted by atomic mass is 79.9. The quantitative estimate of drug-likeness (QED) is 0.671. The molecule has 0 saturated carbocycles. The molecule has 1 heterocycles. The Bertz CT molecular complexity index is 464. The Labute approximate surface area is 129 Å². The van der Waals surface area contributed by atoms with Crippen molar-refractivity contribution in [2.75, 3.05) is 26.3 Å². The number of hydrogen-bond donors (Lipinski definition) is 1. The van der Waals surface area contributed by atoms with Gasteiger partial charge in [-0.15, -0.1) is 17.0 Å². The van der Waals surface area contributed by atoms with Gasteiger partial charge in [0.05, 0.1) is 31.2 Å². The first-order valence-corrected chi connectivity index (χ1v) is 6.40. The molecule has 5 nitrogen and oxygen atoms in total. The van der Waals surface area contributed by atoms with Gasteiger partial charge in [-0.3, -0.25) is 4.79 Å². The van der Waals surface area contributed by atoms with Crippen molar-refractivity contribution in [3.05, 3.63) is 29.8 Å². The van der Waals surface area contributed by atoms with E-state index in [-0.39, 0.29) is 22.9 Å². The van der Waals surface area contributed by atoms with Gasteiger partial charge in [0.15, 0.2) is 0 Å². The zero-order chi connectivity index (χ0) is 13.7. The summed E-state index contributed by atoms with van der Waals surface area (Å²) >= 11 is 0. The first kappa shape index (κ1) is 16.7. The van der Waals surface area contributed by atoms with E-state index in [1.807, 2.05) is 29.2 Å². The molecule has 1 saturated heterocycles. The highest BCUT2D eigenvalue weighted by molar-refractivity contribution is 8.93. The Kier molecular flexibility index (Phi) is 6.67. The minimum Gasteiger partial charge on any atom is -0.387 e. The van der Waals surface area contributed by atoms with E-state index in [4.69, 9.17) is 10.5 Å². The molecule has 0 atom stereocenters. The number of nitrogens with two attached hydrogens (primary N) is 1. The van der Waals surface area contributed by atoms with Crippen LogP contribution >= 0.6 is 17.0 Å². The fourth-order valence-electron chi connectivity index (χ4n) is 1.99. The summed E-state index contributed by atoms with van der Waals surface area (Å²) in [6.07, 6.45) is 0.422. The third kappa shape index (κ3) is 4.94. The van der Waals surface area contributed by atoms with Gasteiger partial charge in [0.2, 0.25) is 5.91 Å². The molecule has 0 aliphatic carbocycles. The molecule has 20 heavy (non-hydrogen) atoms. The molecule has 1 aromatic rings. The molecule has 1 amide bonds. The van der Waals surface area contributed by atoms with Gasteiger partial charge in [-0.1, -0.05) is 12.1 Å². The lowest BCUT2D eigenvalue weighted by Crippen LogP contribution is -2.41. The van der Waals surface area contributed by atoms with Crippen molar-refractivity contribution in [1.29, 1.82) is 0 Å². The maximum absolute atomic E-state index is 12.1. The maximum Gasteiger partial charge on any atom is 0.227 e. The standard InChI is InChI=1S/C14H19N3O2.BrH/c1-11(15)16-13-4-2-12(3-5-13)10-14(18)17-6-8-19-9-7-17;/h2-5H,6-10H2,1H3,(H2,15,16);1H. The molecule has 2 rings (SSSR count). The molecule has 1 fully saturated rings. The molecule has 1 aliphatic heterocycles. The minimum atomic E-state index is 0. The summed E-state index contributed by atoms with van der Waals surface area (Å²) in [5.74, 6) is 0.673. The average Bonchev–Trinajstić information content (AvgIpc) is 2.41. The predicted octanol–water partition coefficient (Wildman–Crippen LogP) is 1.67. The topological polar surface area (TPSA) is 67.9 Å². The number of amides is 1. The predicted molar refractivity (Wildman–Crippen MR) is 84.8 cm³/mol. The number of halogens is 1. The Morgan fingerprint density at radius 1 is 1.30 bits per heavy atom. The monoisotopic (exact) mass is 341 g/mol. The molecule has 110 valence electrons. The molecule has 2 N–H and O–H groups in total. The van der Waals surface area contributed by atoms with Crippen LogP contribution in [-0.4, -0.2) is 42.9 Å². The number of aliphatic imine (C=N–C) groups is 1. The van der Waals surface area contributed by atoms with Crippen LogP contribution in [-0.2, 0) is 16.0 Å². The Balaban J connectivity index is 0.00000200. The van der Waals surface area contributed by atoms with Crippen molar-refractivity contribution < 1.29 is 9.53 Å². The number of rotatable bonds is 3. The van der Waals surface area contributed by atoms with Gasteiger partial charge < -0.3 is 15.4 Å². The second-order valence-electron chi connectivity index (χ2n) is 4.59. The second kappa shape index (κ2) is 8.01. The lowest BCUT2D eigenvalue weighted by atomic mass is 10.1. The lowest BCUT2D eigenvalue weighted by molar-refractivity contribution is -0.134. The number of morpholine rings is 1. The van der Waals surface area contributed by atoms with Gasteiger partial charge in [0.25, 0.3) is 0 Å². The molecule has 6 heteroatoms. The van der Waals surface area contributed by atoms with Crippen molar-refractivity contribution in [3.63, 3.8) is 0 Å². The van der Waals surface area contributed by atoms with Crippen LogP contribution < -0.4 is 5.73 Å². The lowest BCUT2D eigenvalue weighted by Gasteiger charge is -2.26. The smallest absolute Gasteiger partial charge is 0.227 e. The third-order valence-electron chi connectivity index (χ3n) is 2.96. The van der Waals surface area contributed by atoms with Gasteiger partial charge in [-0.05, 0) is 24.6 Å². The number of amidine groups is 1. The average molecular weight is 342 g/mol. The summed E-state index contributed by atoms with van der Waals surface area (Å²) in [7, 11) is 0. The number of hydrogen-bond acceptors (Lipinski definition) is 3. The van der Waals surface area contributed by atoms with E-state index in [1.165, 1.54) is 0 Å². The van der Waals surface area contributed by atoms with Gasteiger partial charge in [0, 0.05) is 13.1 Å². The molecular formula is C14H20BrN3O2. The fraction of sp³-hybridized carbons (Fsp3) is 0.429. The van der Waals surface area contributed by atoms with Gasteiger partial charge >= 0.3 is 0 Å². The zero-order valence-electron chi connectivity index (χ0n) is 11.5. The van der Waals surface area contributed by atoms with Crippen molar-refractivity contribution in [2.24, 2.45) is 10.7 Å². The minimum absolute atomic E-state index is 0. The summed E-state index contributed by atoms with van der Waals surface area (Å²) in [5, 5.41) is 0. The highest BCUT2D eigenvalue weighted by Gasteiger charge is 2.16. The van der Waals surface area contributed by atoms with Crippen LogP contribution in [0.25, 0.3) is 0 Å². The van der Waals surface area contributed by atoms with Crippen LogP contribution in [0.15, 0.2) is 29.3 Å². The van der Waals surface area contributed by atoms with Crippen LogP contribution in [0.2, 0.25) is 0 Å². The van der Waals surface area contributed by atoms with E-state index in [2.05, 4.69) is 4.99 Å². The molecular weight excluding hydrogens is 322 g/mol. The number of carbonyl (C=O) groups is 1. The van der Waals surface area contributed by atoms with E-state index in [1.54, 1.807) is 6.92 Å². The van der Waals surface area contributed by atoms with Crippen molar-refractivity contribution in [1.82, 2.24) is 4.90 Å². The first-order chi connectivity index (χ1) is 9.15. The summed E-state index contributed by atoms with van der Waals surface area (Å²) in [6, 6.07) is 7.58. The summed E-state index contributed by atoms with van der Waals surface area (Å²) < 4.78 is 5.23. The zero-order valence-corrected chi connectivity index (χ0v) is 13.3. The Hall–Kier alpha value is -1.40. The SMILES string of the molecule is Br.CC(N)=Nc1ccc(CC(=O)N2CCOCC2)cc1. The molecule has 1 aliphatic rings. The van der Waals surface area contributed by atoms with E-state index >= 15 is 0 Å². The van der Waals surface area contributed by atoms with Gasteiger partial charge in [0.1, 0.15) is 0 Å².